The second-order valence-corrected chi connectivity index (χ2v) is 8.97. The number of thioether (sulfide) groups is 1. The summed E-state index contributed by atoms with van der Waals surface area (Å²) in [6, 6.07) is 15.9. The zero-order chi connectivity index (χ0) is 23.2. The van der Waals surface area contributed by atoms with E-state index in [4.69, 9.17) is 14.2 Å². The van der Waals surface area contributed by atoms with Crippen molar-refractivity contribution in [1.29, 1.82) is 0 Å². The number of aromatic nitrogens is 2. The molecule has 1 N–H and O–H groups in total. The number of thiophene rings is 1. The van der Waals surface area contributed by atoms with Crippen LogP contribution in [0, 0.1) is 0 Å². The third-order valence-electron chi connectivity index (χ3n) is 4.91. The molecule has 0 aliphatic carbocycles. The number of hydrogen-bond donors (Lipinski definition) is 1. The molecule has 0 bridgehead atoms. The first-order chi connectivity index (χ1) is 16.1. The van der Waals surface area contributed by atoms with E-state index >= 15 is 0 Å². The van der Waals surface area contributed by atoms with Gasteiger partial charge in [0.2, 0.25) is 11.7 Å². The number of carbonyl (C=O) groups is 1. The fourth-order valence-corrected chi connectivity index (χ4v) is 5.19. The minimum absolute atomic E-state index is 0.0981. The summed E-state index contributed by atoms with van der Waals surface area (Å²) in [7, 11) is 4.68. The van der Waals surface area contributed by atoms with E-state index < -0.39 is 0 Å². The fraction of sp³-hybridized carbons (Fsp3) is 0.208. The van der Waals surface area contributed by atoms with Crippen molar-refractivity contribution in [3.8, 4) is 27.7 Å². The predicted molar refractivity (Wildman–Crippen MR) is 132 cm³/mol. The van der Waals surface area contributed by atoms with Crippen LogP contribution < -0.4 is 19.5 Å². The Labute approximate surface area is 200 Å². The molecule has 0 radical (unpaired) electrons. The number of amides is 1. The summed E-state index contributed by atoms with van der Waals surface area (Å²) >= 11 is 3.01. The minimum Gasteiger partial charge on any atom is -0.493 e. The van der Waals surface area contributed by atoms with Crippen molar-refractivity contribution >= 4 is 39.2 Å². The van der Waals surface area contributed by atoms with Crippen LogP contribution in [0.5, 0.6) is 17.2 Å². The van der Waals surface area contributed by atoms with Crippen LogP contribution in [0.4, 0.5) is 0 Å². The maximum absolute atomic E-state index is 12.5. The average Bonchev–Trinajstić information content (AvgIpc) is 3.31. The molecular formula is C24H23N3O4S2. The summed E-state index contributed by atoms with van der Waals surface area (Å²) in [6.07, 6.45) is 1.55. The second-order valence-electron chi connectivity index (χ2n) is 6.97. The van der Waals surface area contributed by atoms with Gasteiger partial charge < -0.3 is 19.5 Å². The first-order valence-corrected chi connectivity index (χ1v) is 11.9. The Balaban J connectivity index is 1.42. The normalized spacial score (nSPS) is 10.8. The van der Waals surface area contributed by atoms with E-state index in [-0.39, 0.29) is 11.7 Å². The van der Waals surface area contributed by atoms with Gasteiger partial charge in [0.25, 0.3) is 0 Å². The predicted octanol–water partition coefficient (Wildman–Crippen LogP) is 4.79. The van der Waals surface area contributed by atoms with Gasteiger partial charge in [0, 0.05) is 16.8 Å². The van der Waals surface area contributed by atoms with Gasteiger partial charge in [-0.05, 0) is 29.3 Å². The molecule has 2 heterocycles. The number of nitrogens with zero attached hydrogens (tertiary/aromatic N) is 2. The average molecular weight is 482 g/mol. The highest BCUT2D eigenvalue weighted by Gasteiger charge is 2.15. The highest BCUT2D eigenvalue weighted by molar-refractivity contribution is 8.00. The summed E-state index contributed by atoms with van der Waals surface area (Å²) < 4.78 is 16.1. The number of benzene rings is 2. The molecule has 0 unspecified atom stereocenters. The van der Waals surface area contributed by atoms with Crippen LogP contribution in [0.1, 0.15) is 5.56 Å². The Bertz CT molecular complexity index is 1240. The molecule has 170 valence electrons. The molecule has 2 aromatic heterocycles. The summed E-state index contributed by atoms with van der Waals surface area (Å²) in [5.41, 5.74) is 1.98. The Morgan fingerprint density at radius 1 is 1.00 bits per heavy atom. The van der Waals surface area contributed by atoms with Crippen LogP contribution in [0.3, 0.4) is 0 Å². The van der Waals surface area contributed by atoms with E-state index in [2.05, 4.69) is 33.5 Å². The molecule has 0 atom stereocenters. The van der Waals surface area contributed by atoms with Gasteiger partial charge in [0.15, 0.2) is 11.5 Å². The Hall–Kier alpha value is -3.30. The summed E-state index contributed by atoms with van der Waals surface area (Å²) in [5, 5.41) is 4.69. The van der Waals surface area contributed by atoms with Crippen LogP contribution in [-0.2, 0) is 11.3 Å². The lowest BCUT2D eigenvalue weighted by molar-refractivity contribution is -0.118. The second kappa shape index (κ2) is 10.5. The van der Waals surface area contributed by atoms with Crippen molar-refractivity contribution < 1.29 is 19.0 Å². The molecule has 4 aromatic rings. The lowest BCUT2D eigenvalue weighted by atomic mass is 10.2. The van der Waals surface area contributed by atoms with E-state index in [9.17, 15) is 4.79 Å². The summed E-state index contributed by atoms with van der Waals surface area (Å²) in [6.45, 7) is 0.339. The molecule has 0 spiro atoms. The quantitative estimate of drug-likeness (QED) is 0.272. The largest absolute Gasteiger partial charge is 0.493 e. The van der Waals surface area contributed by atoms with E-state index in [1.165, 1.54) is 11.8 Å². The molecule has 2 aromatic carbocycles. The third-order valence-corrected chi connectivity index (χ3v) is 7.00. The van der Waals surface area contributed by atoms with E-state index in [0.717, 1.165) is 31.2 Å². The zero-order valence-corrected chi connectivity index (χ0v) is 20.1. The van der Waals surface area contributed by atoms with Gasteiger partial charge in [-0.2, -0.15) is 0 Å². The molecule has 33 heavy (non-hydrogen) atoms. The molecular weight excluding hydrogens is 458 g/mol. The van der Waals surface area contributed by atoms with Gasteiger partial charge in [-0.15, -0.1) is 11.3 Å². The Morgan fingerprint density at radius 3 is 2.39 bits per heavy atom. The van der Waals surface area contributed by atoms with Crippen LogP contribution >= 0.6 is 23.1 Å². The van der Waals surface area contributed by atoms with Crippen molar-refractivity contribution in [1.82, 2.24) is 15.3 Å². The number of fused-ring (bicyclic) bond motifs is 1. The molecule has 0 saturated heterocycles. The van der Waals surface area contributed by atoms with Crippen LogP contribution in [0.15, 0.2) is 59.9 Å². The molecule has 0 aliphatic rings. The molecule has 0 fully saturated rings. The van der Waals surface area contributed by atoms with Gasteiger partial charge in [-0.1, -0.05) is 42.1 Å². The van der Waals surface area contributed by atoms with E-state index in [1.54, 1.807) is 39.0 Å². The molecule has 4 rings (SSSR count). The van der Waals surface area contributed by atoms with Gasteiger partial charge in [-0.3, -0.25) is 4.79 Å². The van der Waals surface area contributed by atoms with Gasteiger partial charge in [0.05, 0.1) is 27.1 Å². The Kier molecular flexibility index (Phi) is 7.31. The number of nitrogens with one attached hydrogen (secondary N) is 1. The number of hydrogen-bond acceptors (Lipinski definition) is 8. The highest BCUT2D eigenvalue weighted by atomic mass is 32.2. The van der Waals surface area contributed by atoms with Crippen molar-refractivity contribution in [2.45, 2.75) is 11.6 Å². The van der Waals surface area contributed by atoms with Crippen LogP contribution in [0.2, 0.25) is 0 Å². The van der Waals surface area contributed by atoms with Crippen molar-refractivity contribution in [2.24, 2.45) is 0 Å². The van der Waals surface area contributed by atoms with E-state index in [0.29, 0.717) is 23.8 Å². The highest BCUT2D eigenvalue weighted by Crippen LogP contribution is 2.38. The molecule has 0 saturated carbocycles. The standard InChI is InChI=1S/C24H23N3O4S2/c1-29-18-9-15(10-19(30-2)22(18)31-3)12-25-21(28)13-32-23-17-11-20(16-7-5-4-6-8-16)33-24(17)27-14-26-23/h4-11,14H,12-13H2,1-3H3,(H,25,28). The molecule has 9 heteroatoms. The number of methoxy groups -OCH3 is 3. The van der Waals surface area contributed by atoms with Crippen LogP contribution in [0.25, 0.3) is 20.7 Å². The lowest BCUT2D eigenvalue weighted by Crippen LogP contribution is -2.24. The van der Waals surface area contributed by atoms with Crippen molar-refractivity contribution in [2.75, 3.05) is 27.1 Å². The van der Waals surface area contributed by atoms with Gasteiger partial charge in [0.1, 0.15) is 16.2 Å². The third kappa shape index (κ3) is 5.20. The van der Waals surface area contributed by atoms with Gasteiger partial charge in [-0.25, -0.2) is 9.97 Å². The number of rotatable bonds is 9. The van der Waals surface area contributed by atoms with Gasteiger partial charge >= 0.3 is 0 Å². The first kappa shape index (κ1) is 22.9. The first-order valence-electron chi connectivity index (χ1n) is 10.1. The molecule has 7 nitrogen and oxygen atoms in total. The molecule has 0 aliphatic heterocycles. The topological polar surface area (TPSA) is 82.6 Å². The molecule has 1 amide bonds. The van der Waals surface area contributed by atoms with Crippen LogP contribution in [-0.4, -0.2) is 43.0 Å². The Morgan fingerprint density at radius 2 is 1.73 bits per heavy atom. The van der Waals surface area contributed by atoms with E-state index in [1.807, 2.05) is 30.3 Å². The lowest BCUT2D eigenvalue weighted by Gasteiger charge is -2.14. The number of carbonyl (C=O) groups excluding carboxylic acids is 1. The monoisotopic (exact) mass is 481 g/mol. The maximum Gasteiger partial charge on any atom is 0.230 e. The van der Waals surface area contributed by atoms with Crippen molar-refractivity contribution in [3.05, 3.63) is 60.4 Å². The minimum atomic E-state index is -0.0981. The summed E-state index contributed by atoms with van der Waals surface area (Å²) in [4.78, 5) is 23.4. The fourth-order valence-electron chi connectivity index (χ4n) is 3.32. The summed E-state index contributed by atoms with van der Waals surface area (Å²) in [5.74, 6) is 1.76. The van der Waals surface area contributed by atoms with Crippen molar-refractivity contribution in [3.63, 3.8) is 0 Å². The maximum atomic E-state index is 12.5. The number of ether oxygens (including phenoxy) is 3. The smallest absolute Gasteiger partial charge is 0.230 e. The SMILES string of the molecule is COc1cc(CNC(=O)CSc2ncnc3sc(-c4ccccc4)cc23)cc(OC)c1OC. The zero-order valence-electron chi connectivity index (χ0n) is 18.5.